The Balaban J connectivity index is 1.50. The van der Waals surface area contributed by atoms with Crippen molar-refractivity contribution in [1.82, 2.24) is 19.6 Å². The minimum Gasteiger partial charge on any atom is -0.507 e. The summed E-state index contributed by atoms with van der Waals surface area (Å²) in [5, 5.41) is 14.0. The Hall–Kier alpha value is -2.34. The molecule has 0 spiro atoms. The number of amides is 1. The molecule has 0 radical (unpaired) electrons. The van der Waals surface area contributed by atoms with Crippen LogP contribution >= 0.6 is 0 Å². The molecular weight excluding hydrogens is 292 g/mol. The van der Waals surface area contributed by atoms with Crippen LogP contribution in [-0.2, 0) is 13.5 Å². The quantitative estimate of drug-likeness (QED) is 0.919. The van der Waals surface area contributed by atoms with E-state index in [4.69, 9.17) is 0 Å². The monoisotopic (exact) mass is 314 g/mol. The van der Waals surface area contributed by atoms with Crippen LogP contribution in [0.4, 0.5) is 0 Å². The number of phenols is 1. The third kappa shape index (κ3) is 3.71. The molecule has 1 saturated heterocycles. The average Bonchev–Trinajstić information content (AvgIpc) is 2.99. The van der Waals surface area contributed by atoms with E-state index in [2.05, 4.69) is 10.00 Å². The molecule has 1 aliphatic rings. The summed E-state index contributed by atoms with van der Waals surface area (Å²) in [6, 6.07) is 6.73. The summed E-state index contributed by atoms with van der Waals surface area (Å²) < 4.78 is 1.82. The molecule has 1 aliphatic heterocycles. The highest BCUT2D eigenvalue weighted by molar-refractivity contribution is 5.96. The molecule has 1 aromatic heterocycles. The van der Waals surface area contributed by atoms with Gasteiger partial charge >= 0.3 is 0 Å². The first-order valence-corrected chi connectivity index (χ1v) is 7.90. The molecule has 3 rings (SSSR count). The van der Waals surface area contributed by atoms with Gasteiger partial charge in [0.2, 0.25) is 0 Å². The molecule has 23 heavy (non-hydrogen) atoms. The maximum Gasteiger partial charge on any atom is 0.257 e. The van der Waals surface area contributed by atoms with E-state index in [0.29, 0.717) is 18.7 Å². The van der Waals surface area contributed by atoms with Crippen molar-refractivity contribution in [2.24, 2.45) is 7.05 Å². The fraction of sp³-hybridized carbons (Fsp3) is 0.412. The van der Waals surface area contributed by atoms with E-state index in [9.17, 15) is 9.90 Å². The van der Waals surface area contributed by atoms with Crippen molar-refractivity contribution in [1.29, 1.82) is 0 Å². The van der Waals surface area contributed by atoms with Gasteiger partial charge in [-0.2, -0.15) is 5.10 Å². The molecule has 6 nitrogen and oxygen atoms in total. The zero-order valence-electron chi connectivity index (χ0n) is 13.4. The number of hydrogen-bond acceptors (Lipinski definition) is 4. The molecule has 1 fully saturated rings. The van der Waals surface area contributed by atoms with Crippen LogP contribution in [0, 0.1) is 0 Å². The predicted octanol–water partition coefficient (Wildman–Crippen LogP) is 1.13. The molecule has 0 saturated carbocycles. The topological polar surface area (TPSA) is 61.6 Å². The molecule has 2 heterocycles. The number of benzene rings is 1. The summed E-state index contributed by atoms with van der Waals surface area (Å²) >= 11 is 0. The Morgan fingerprint density at radius 1 is 1.22 bits per heavy atom. The van der Waals surface area contributed by atoms with Gasteiger partial charge in [0.25, 0.3) is 5.91 Å². The lowest BCUT2D eigenvalue weighted by Crippen LogP contribution is -2.49. The largest absolute Gasteiger partial charge is 0.507 e. The minimum atomic E-state index is -0.0880. The lowest BCUT2D eigenvalue weighted by atomic mass is 10.1. The van der Waals surface area contributed by atoms with Gasteiger partial charge in [0, 0.05) is 46.0 Å². The zero-order chi connectivity index (χ0) is 16.2. The van der Waals surface area contributed by atoms with Gasteiger partial charge in [-0.3, -0.25) is 14.4 Å². The van der Waals surface area contributed by atoms with Crippen LogP contribution in [0.25, 0.3) is 0 Å². The number of carbonyl (C=O) groups is 1. The molecule has 0 aliphatic carbocycles. The predicted molar refractivity (Wildman–Crippen MR) is 87.4 cm³/mol. The van der Waals surface area contributed by atoms with E-state index in [1.807, 2.05) is 29.0 Å². The fourth-order valence-electron chi connectivity index (χ4n) is 2.89. The summed E-state index contributed by atoms with van der Waals surface area (Å²) in [6.45, 7) is 4.09. The average molecular weight is 314 g/mol. The highest BCUT2D eigenvalue weighted by atomic mass is 16.3. The molecular formula is C17H22N4O2. The smallest absolute Gasteiger partial charge is 0.257 e. The standard InChI is InChI=1S/C17H22N4O2/c1-19-13-14(12-18-19)6-7-20-8-10-21(11-9-20)17(23)15-4-2-3-5-16(15)22/h2-5,12-13,22H,6-11H2,1H3. The summed E-state index contributed by atoms with van der Waals surface area (Å²) in [5.41, 5.74) is 1.62. The highest BCUT2D eigenvalue weighted by Crippen LogP contribution is 2.18. The van der Waals surface area contributed by atoms with Gasteiger partial charge < -0.3 is 10.0 Å². The first-order valence-electron chi connectivity index (χ1n) is 7.90. The van der Waals surface area contributed by atoms with E-state index in [1.54, 1.807) is 24.3 Å². The second-order valence-electron chi connectivity index (χ2n) is 5.92. The second kappa shape index (κ2) is 6.83. The number of aromatic hydroxyl groups is 1. The molecule has 1 aromatic carbocycles. The molecule has 2 aromatic rings. The van der Waals surface area contributed by atoms with Gasteiger partial charge in [-0.25, -0.2) is 0 Å². The van der Waals surface area contributed by atoms with Crippen LogP contribution in [0.5, 0.6) is 5.75 Å². The van der Waals surface area contributed by atoms with Crippen LogP contribution in [0.1, 0.15) is 15.9 Å². The maximum absolute atomic E-state index is 12.4. The van der Waals surface area contributed by atoms with E-state index in [1.165, 1.54) is 5.56 Å². The van der Waals surface area contributed by atoms with Crippen molar-refractivity contribution >= 4 is 5.91 Å². The molecule has 122 valence electrons. The van der Waals surface area contributed by atoms with Crippen molar-refractivity contribution in [3.63, 3.8) is 0 Å². The van der Waals surface area contributed by atoms with Crippen molar-refractivity contribution in [3.8, 4) is 5.75 Å². The van der Waals surface area contributed by atoms with Crippen molar-refractivity contribution in [2.45, 2.75) is 6.42 Å². The van der Waals surface area contributed by atoms with Gasteiger partial charge in [0.15, 0.2) is 0 Å². The van der Waals surface area contributed by atoms with Crippen LogP contribution in [0.2, 0.25) is 0 Å². The Morgan fingerprint density at radius 3 is 2.61 bits per heavy atom. The van der Waals surface area contributed by atoms with Gasteiger partial charge in [0.1, 0.15) is 5.75 Å². The summed E-state index contributed by atoms with van der Waals surface area (Å²) in [4.78, 5) is 16.6. The summed E-state index contributed by atoms with van der Waals surface area (Å²) in [5.74, 6) is -0.0356. The normalized spacial score (nSPS) is 15.8. The Kier molecular flexibility index (Phi) is 4.62. The lowest BCUT2D eigenvalue weighted by molar-refractivity contribution is 0.0635. The van der Waals surface area contributed by atoms with E-state index < -0.39 is 0 Å². The zero-order valence-corrected chi connectivity index (χ0v) is 13.4. The highest BCUT2D eigenvalue weighted by Gasteiger charge is 2.23. The molecule has 0 unspecified atom stereocenters. The number of carbonyl (C=O) groups excluding carboxylic acids is 1. The van der Waals surface area contributed by atoms with E-state index in [-0.39, 0.29) is 11.7 Å². The summed E-state index contributed by atoms with van der Waals surface area (Å²) in [7, 11) is 1.92. The number of aromatic nitrogens is 2. The van der Waals surface area contributed by atoms with Crippen LogP contribution < -0.4 is 0 Å². The van der Waals surface area contributed by atoms with E-state index >= 15 is 0 Å². The number of aryl methyl sites for hydroxylation is 1. The number of rotatable bonds is 4. The number of para-hydroxylation sites is 1. The first-order chi connectivity index (χ1) is 11.1. The summed E-state index contributed by atoms with van der Waals surface area (Å²) in [6.07, 6.45) is 4.91. The van der Waals surface area contributed by atoms with Crippen LogP contribution in [0.15, 0.2) is 36.7 Å². The molecule has 0 atom stereocenters. The number of phenolic OH excluding ortho intramolecular Hbond substituents is 1. The van der Waals surface area contributed by atoms with Gasteiger partial charge in [0.05, 0.1) is 11.8 Å². The SMILES string of the molecule is Cn1cc(CCN2CCN(C(=O)c3ccccc3O)CC2)cn1. The molecule has 0 bridgehead atoms. The van der Waals surface area contributed by atoms with Crippen LogP contribution in [-0.4, -0.2) is 63.3 Å². The van der Waals surface area contributed by atoms with Crippen molar-refractivity contribution in [3.05, 3.63) is 47.8 Å². The fourth-order valence-corrected chi connectivity index (χ4v) is 2.89. The first kappa shape index (κ1) is 15.6. The molecule has 1 amide bonds. The van der Waals surface area contributed by atoms with Gasteiger partial charge in [-0.05, 0) is 24.1 Å². The molecule has 6 heteroatoms. The Bertz CT molecular complexity index is 675. The van der Waals surface area contributed by atoms with Crippen molar-refractivity contribution in [2.75, 3.05) is 32.7 Å². The third-order valence-corrected chi connectivity index (χ3v) is 4.27. The number of piperazine rings is 1. The number of hydrogen-bond donors (Lipinski definition) is 1. The van der Waals surface area contributed by atoms with E-state index in [0.717, 1.165) is 26.1 Å². The lowest BCUT2D eigenvalue weighted by Gasteiger charge is -2.34. The van der Waals surface area contributed by atoms with Gasteiger partial charge in [-0.1, -0.05) is 12.1 Å². The second-order valence-corrected chi connectivity index (χ2v) is 5.92. The Labute approximate surface area is 135 Å². The van der Waals surface area contributed by atoms with Crippen molar-refractivity contribution < 1.29 is 9.90 Å². The van der Waals surface area contributed by atoms with Crippen LogP contribution in [0.3, 0.4) is 0 Å². The minimum absolute atomic E-state index is 0.0523. The third-order valence-electron chi connectivity index (χ3n) is 4.27. The Morgan fingerprint density at radius 2 is 1.96 bits per heavy atom. The van der Waals surface area contributed by atoms with Gasteiger partial charge in [-0.15, -0.1) is 0 Å². The molecule has 1 N–H and O–H groups in total. The maximum atomic E-state index is 12.4. The number of nitrogens with zero attached hydrogens (tertiary/aromatic N) is 4.